The molecule has 0 aliphatic rings. The highest BCUT2D eigenvalue weighted by atomic mass is 16.2. The fourth-order valence-corrected chi connectivity index (χ4v) is 2.89. The Labute approximate surface area is 186 Å². The van der Waals surface area contributed by atoms with Gasteiger partial charge in [-0.15, -0.1) is 0 Å². The molecule has 164 valence electrons. The van der Waals surface area contributed by atoms with Crippen molar-refractivity contribution in [2.75, 3.05) is 19.4 Å². The van der Waals surface area contributed by atoms with E-state index in [4.69, 9.17) is 0 Å². The molecule has 2 heterocycles. The standard InChI is InChI=1S/C23H25N7O2/c1-23(2,3)29-21(31)17-12-25-20-19(17)28-18(13-26-20)27-16-8-6-14(7-9-16)10-15(11-24)22(32)30(4)5/h6-10,12-13H,1-5H3,(H,25,26)(H,27,28)(H,29,31)/b15-10+. The lowest BCUT2D eigenvalue weighted by molar-refractivity contribution is -0.124. The Morgan fingerprint density at radius 3 is 2.47 bits per heavy atom. The maximum absolute atomic E-state index is 12.6. The number of anilines is 2. The lowest BCUT2D eigenvalue weighted by atomic mass is 10.1. The molecule has 0 saturated carbocycles. The van der Waals surface area contributed by atoms with Gasteiger partial charge >= 0.3 is 0 Å². The number of nitriles is 1. The van der Waals surface area contributed by atoms with Gasteiger partial charge in [0.1, 0.15) is 23.0 Å². The van der Waals surface area contributed by atoms with Gasteiger partial charge in [0.15, 0.2) is 5.65 Å². The number of aromatic amines is 1. The number of carbonyl (C=O) groups is 2. The molecule has 0 aliphatic carbocycles. The monoisotopic (exact) mass is 431 g/mol. The molecule has 0 spiro atoms. The van der Waals surface area contributed by atoms with Crippen LogP contribution in [0, 0.1) is 11.3 Å². The number of nitrogens with zero attached hydrogens (tertiary/aromatic N) is 4. The topological polar surface area (TPSA) is 127 Å². The maximum atomic E-state index is 12.6. The first-order chi connectivity index (χ1) is 15.1. The van der Waals surface area contributed by atoms with Crippen LogP contribution in [-0.4, -0.2) is 51.3 Å². The predicted molar refractivity (Wildman–Crippen MR) is 123 cm³/mol. The van der Waals surface area contributed by atoms with E-state index in [-0.39, 0.29) is 22.9 Å². The van der Waals surface area contributed by atoms with Gasteiger partial charge in [0.05, 0.1) is 11.8 Å². The number of benzene rings is 1. The molecule has 0 saturated heterocycles. The van der Waals surface area contributed by atoms with E-state index in [2.05, 4.69) is 25.6 Å². The van der Waals surface area contributed by atoms with Crippen LogP contribution in [0.1, 0.15) is 36.7 Å². The molecule has 3 aromatic rings. The molecule has 2 amide bonds. The SMILES string of the molecule is CN(C)C(=O)/C(C#N)=C/c1ccc(Nc2cnc3[nH]cc(C(=O)NC(C)(C)C)c3n2)cc1. The van der Waals surface area contributed by atoms with Gasteiger partial charge in [-0.3, -0.25) is 9.59 Å². The number of nitrogens with one attached hydrogen (secondary N) is 3. The number of hydrogen-bond donors (Lipinski definition) is 3. The summed E-state index contributed by atoms with van der Waals surface area (Å²) >= 11 is 0. The third kappa shape index (κ3) is 5.29. The largest absolute Gasteiger partial charge is 0.347 e. The van der Waals surface area contributed by atoms with Gasteiger partial charge in [-0.25, -0.2) is 9.97 Å². The van der Waals surface area contributed by atoms with Crippen molar-refractivity contribution >= 4 is 40.6 Å². The summed E-state index contributed by atoms with van der Waals surface area (Å²) in [5.74, 6) is -0.103. The lowest BCUT2D eigenvalue weighted by Gasteiger charge is -2.20. The average molecular weight is 432 g/mol. The van der Waals surface area contributed by atoms with Crippen LogP contribution in [0.2, 0.25) is 0 Å². The van der Waals surface area contributed by atoms with Crippen LogP contribution in [0.3, 0.4) is 0 Å². The summed E-state index contributed by atoms with van der Waals surface area (Å²) in [5.41, 5.74) is 2.55. The molecule has 1 aromatic carbocycles. The summed E-state index contributed by atoms with van der Waals surface area (Å²) < 4.78 is 0. The van der Waals surface area contributed by atoms with Crippen molar-refractivity contribution in [1.29, 1.82) is 5.26 Å². The predicted octanol–water partition coefficient (Wildman–Crippen LogP) is 3.22. The summed E-state index contributed by atoms with van der Waals surface area (Å²) in [6.45, 7) is 5.73. The van der Waals surface area contributed by atoms with Crippen molar-refractivity contribution < 1.29 is 9.59 Å². The molecule has 0 radical (unpaired) electrons. The number of hydrogen-bond acceptors (Lipinski definition) is 6. The van der Waals surface area contributed by atoms with E-state index in [0.29, 0.717) is 22.5 Å². The van der Waals surface area contributed by atoms with Crippen molar-refractivity contribution in [3.8, 4) is 6.07 Å². The molecule has 3 rings (SSSR count). The zero-order valence-corrected chi connectivity index (χ0v) is 18.6. The first-order valence-corrected chi connectivity index (χ1v) is 9.94. The van der Waals surface area contributed by atoms with Crippen molar-refractivity contribution in [2.24, 2.45) is 0 Å². The number of rotatable bonds is 5. The lowest BCUT2D eigenvalue weighted by Crippen LogP contribution is -2.40. The van der Waals surface area contributed by atoms with E-state index in [1.165, 1.54) is 11.0 Å². The van der Waals surface area contributed by atoms with Crippen LogP contribution in [0.4, 0.5) is 11.5 Å². The number of carbonyl (C=O) groups excluding carboxylic acids is 2. The van der Waals surface area contributed by atoms with Gasteiger partial charge < -0.3 is 20.5 Å². The second-order valence-corrected chi connectivity index (χ2v) is 8.48. The van der Waals surface area contributed by atoms with Crippen LogP contribution in [0.25, 0.3) is 17.2 Å². The highest BCUT2D eigenvalue weighted by Gasteiger charge is 2.20. The molecular formula is C23H25N7O2. The number of amides is 2. The summed E-state index contributed by atoms with van der Waals surface area (Å²) in [7, 11) is 3.20. The second-order valence-electron chi connectivity index (χ2n) is 8.48. The molecule has 3 N–H and O–H groups in total. The highest BCUT2D eigenvalue weighted by molar-refractivity contribution is 6.05. The molecular weight excluding hydrogens is 406 g/mol. The van der Waals surface area contributed by atoms with E-state index >= 15 is 0 Å². The van der Waals surface area contributed by atoms with Crippen molar-refractivity contribution in [3.05, 3.63) is 53.4 Å². The molecule has 9 nitrogen and oxygen atoms in total. The molecule has 0 unspecified atom stereocenters. The maximum Gasteiger partial charge on any atom is 0.264 e. The van der Waals surface area contributed by atoms with Crippen LogP contribution in [0.5, 0.6) is 0 Å². The fraction of sp³-hybridized carbons (Fsp3) is 0.261. The molecule has 0 bridgehead atoms. The molecule has 2 aromatic heterocycles. The Kier molecular flexibility index (Phi) is 6.25. The zero-order chi connectivity index (χ0) is 23.5. The number of fused-ring (bicyclic) bond motifs is 1. The van der Waals surface area contributed by atoms with Crippen molar-refractivity contribution in [3.63, 3.8) is 0 Å². The number of aromatic nitrogens is 3. The minimum atomic E-state index is -0.372. The van der Waals surface area contributed by atoms with Crippen molar-refractivity contribution in [2.45, 2.75) is 26.3 Å². The van der Waals surface area contributed by atoms with Gasteiger partial charge in [0, 0.05) is 31.5 Å². The molecule has 32 heavy (non-hydrogen) atoms. The smallest absolute Gasteiger partial charge is 0.264 e. The van der Waals surface area contributed by atoms with Gasteiger partial charge in [0.25, 0.3) is 11.8 Å². The van der Waals surface area contributed by atoms with Crippen LogP contribution in [-0.2, 0) is 4.79 Å². The average Bonchev–Trinajstić information content (AvgIpc) is 3.15. The Bertz CT molecular complexity index is 1230. The minimum Gasteiger partial charge on any atom is -0.347 e. The van der Waals surface area contributed by atoms with Gasteiger partial charge in [-0.05, 0) is 44.5 Å². The van der Waals surface area contributed by atoms with E-state index in [0.717, 1.165) is 11.3 Å². The number of likely N-dealkylation sites (N-methyl/N-ethyl adjacent to an activating group) is 1. The summed E-state index contributed by atoms with van der Waals surface area (Å²) in [5, 5.41) is 15.3. The molecule has 0 aliphatic heterocycles. The van der Waals surface area contributed by atoms with Crippen molar-refractivity contribution in [1.82, 2.24) is 25.2 Å². The third-order valence-corrected chi connectivity index (χ3v) is 4.37. The molecule has 9 heteroatoms. The summed E-state index contributed by atoms with van der Waals surface area (Å²) in [4.78, 5) is 37.8. The van der Waals surface area contributed by atoms with Crippen LogP contribution >= 0.6 is 0 Å². The normalized spacial score (nSPS) is 11.7. The van der Waals surface area contributed by atoms with E-state index in [9.17, 15) is 14.9 Å². The van der Waals surface area contributed by atoms with Crippen LogP contribution in [0.15, 0.2) is 42.2 Å². The Hall–Kier alpha value is -4.19. The van der Waals surface area contributed by atoms with E-state index in [1.54, 1.807) is 50.8 Å². The number of H-pyrrole nitrogens is 1. The van der Waals surface area contributed by atoms with Crippen LogP contribution < -0.4 is 10.6 Å². The molecule has 0 atom stereocenters. The second kappa shape index (κ2) is 8.89. The Morgan fingerprint density at radius 2 is 1.88 bits per heavy atom. The van der Waals surface area contributed by atoms with E-state index in [1.807, 2.05) is 26.8 Å². The Morgan fingerprint density at radius 1 is 1.19 bits per heavy atom. The van der Waals surface area contributed by atoms with E-state index < -0.39 is 0 Å². The first kappa shape index (κ1) is 22.5. The third-order valence-electron chi connectivity index (χ3n) is 4.37. The quantitative estimate of drug-likeness (QED) is 0.420. The van der Waals surface area contributed by atoms with Gasteiger partial charge in [0.2, 0.25) is 0 Å². The highest BCUT2D eigenvalue weighted by Crippen LogP contribution is 2.21. The van der Waals surface area contributed by atoms with Gasteiger partial charge in [-0.1, -0.05) is 12.1 Å². The zero-order valence-electron chi connectivity index (χ0n) is 18.6. The van der Waals surface area contributed by atoms with Gasteiger partial charge in [-0.2, -0.15) is 5.26 Å². The fourth-order valence-electron chi connectivity index (χ4n) is 2.89. The summed E-state index contributed by atoms with van der Waals surface area (Å²) in [6.07, 6.45) is 4.71. The Balaban J connectivity index is 1.81. The first-order valence-electron chi connectivity index (χ1n) is 9.94. The molecule has 0 fully saturated rings. The minimum absolute atomic E-state index is 0.0561. The summed E-state index contributed by atoms with van der Waals surface area (Å²) in [6, 6.07) is 9.10.